The maximum Gasteiger partial charge on any atom is 0.234 e. The van der Waals surface area contributed by atoms with Gasteiger partial charge in [-0.15, -0.1) is 0 Å². The van der Waals surface area contributed by atoms with Crippen LogP contribution in [0.1, 0.15) is 17.5 Å². The van der Waals surface area contributed by atoms with Crippen LogP contribution in [-0.2, 0) is 11.2 Å². The molecule has 0 spiro atoms. The SMILES string of the molecule is O=C(CN1CC=C(c2c[nH]c3ncccc23)CC1)NCCc1ccc(Cl)cc1. The molecule has 0 fully saturated rings. The van der Waals surface area contributed by atoms with Gasteiger partial charge in [0.05, 0.1) is 6.54 Å². The number of nitrogens with zero attached hydrogens (tertiary/aromatic N) is 2. The molecule has 3 heterocycles. The number of rotatable bonds is 6. The second kappa shape index (κ2) is 8.59. The van der Waals surface area contributed by atoms with E-state index in [-0.39, 0.29) is 5.91 Å². The monoisotopic (exact) mass is 394 g/mol. The number of pyridine rings is 1. The smallest absolute Gasteiger partial charge is 0.234 e. The number of aromatic amines is 1. The molecule has 1 amide bonds. The number of H-pyrrole nitrogens is 1. The summed E-state index contributed by atoms with van der Waals surface area (Å²) in [5.41, 5.74) is 4.62. The number of hydrogen-bond donors (Lipinski definition) is 2. The van der Waals surface area contributed by atoms with Gasteiger partial charge < -0.3 is 10.3 Å². The molecule has 0 saturated heterocycles. The summed E-state index contributed by atoms with van der Waals surface area (Å²) in [4.78, 5) is 22.0. The number of benzene rings is 1. The Bertz CT molecular complexity index is 993. The molecule has 0 bridgehead atoms. The van der Waals surface area contributed by atoms with Crippen molar-refractivity contribution in [2.45, 2.75) is 12.8 Å². The Labute approximate surface area is 169 Å². The maximum atomic E-state index is 12.2. The standard InChI is InChI=1S/C22H23ClN4O/c23-18-5-3-16(4-6-18)7-11-24-21(28)15-27-12-8-17(9-13-27)20-14-26-22-19(20)2-1-10-25-22/h1-6,8,10,14H,7,9,11-13,15H2,(H,24,28)(H,25,26). The molecule has 1 aromatic carbocycles. The number of amides is 1. The van der Waals surface area contributed by atoms with Crippen molar-refractivity contribution in [3.63, 3.8) is 0 Å². The van der Waals surface area contributed by atoms with E-state index in [0.29, 0.717) is 13.1 Å². The second-order valence-electron chi connectivity index (χ2n) is 7.04. The summed E-state index contributed by atoms with van der Waals surface area (Å²) in [6.07, 6.45) is 7.79. The Hall–Kier alpha value is -2.63. The highest BCUT2D eigenvalue weighted by molar-refractivity contribution is 6.30. The molecule has 0 atom stereocenters. The van der Waals surface area contributed by atoms with Gasteiger partial charge in [-0.2, -0.15) is 0 Å². The minimum absolute atomic E-state index is 0.0714. The molecule has 0 saturated carbocycles. The van der Waals surface area contributed by atoms with Gasteiger partial charge in [0, 0.05) is 48.0 Å². The van der Waals surface area contributed by atoms with Crippen molar-refractivity contribution < 1.29 is 4.79 Å². The van der Waals surface area contributed by atoms with Crippen LogP contribution in [0.4, 0.5) is 0 Å². The third-order valence-electron chi connectivity index (χ3n) is 5.11. The molecule has 4 rings (SSSR count). The van der Waals surface area contributed by atoms with E-state index in [0.717, 1.165) is 42.0 Å². The number of carbonyl (C=O) groups is 1. The molecular weight excluding hydrogens is 372 g/mol. The van der Waals surface area contributed by atoms with Crippen molar-refractivity contribution in [3.8, 4) is 0 Å². The first-order valence-corrected chi connectivity index (χ1v) is 9.92. The summed E-state index contributed by atoms with van der Waals surface area (Å²) >= 11 is 5.89. The predicted molar refractivity (Wildman–Crippen MR) is 113 cm³/mol. The summed E-state index contributed by atoms with van der Waals surface area (Å²) in [6, 6.07) is 11.8. The summed E-state index contributed by atoms with van der Waals surface area (Å²) < 4.78 is 0. The third kappa shape index (κ3) is 4.43. The van der Waals surface area contributed by atoms with Gasteiger partial charge in [-0.05, 0) is 48.2 Å². The van der Waals surface area contributed by atoms with Gasteiger partial charge in [-0.25, -0.2) is 4.98 Å². The van der Waals surface area contributed by atoms with Crippen molar-refractivity contribution in [1.29, 1.82) is 0 Å². The van der Waals surface area contributed by atoms with Crippen LogP contribution in [0.3, 0.4) is 0 Å². The molecule has 6 heteroatoms. The van der Waals surface area contributed by atoms with Gasteiger partial charge in [0.25, 0.3) is 0 Å². The number of fused-ring (bicyclic) bond motifs is 1. The van der Waals surface area contributed by atoms with E-state index in [2.05, 4.69) is 32.3 Å². The summed E-state index contributed by atoms with van der Waals surface area (Å²) in [6.45, 7) is 2.73. The maximum absolute atomic E-state index is 12.2. The highest BCUT2D eigenvalue weighted by atomic mass is 35.5. The molecule has 3 aromatic rings. The zero-order valence-electron chi connectivity index (χ0n) is 15.6. The van der Waals surface area contributed by atoms with Crippen molar-refractivity contribution >= 4 is 34.1 Å². The van der Waals surface area contributed by atoms with Gasteiger partial charge in [-0.3, -0.25) is 9.69 Å². The van der Waals surface area contributed by atoms with E-state index in [4.69, 9.17) is 11.6 Å². The fraction of sp³-hybridized carbons (Fsp3) is 0.273. The van der Waals surface area contributed by atoms with Crippen LogP contribution in [0.15, 0.2) is 54.9 Å². The number of hydrogen-bond acceptors (Lipinski definition) is 3. The highest BCUT2D eigenvalue weighted by Gasteiger charge is 2.17. The van der Waals surface area contributed by atoms with E-state index < -0.39 is 0 Å². The molecule has 1 aliphatic heterocycles. The van der Waals surface area contributed by atoms with Gasteiger partial charge in [-0.1, -0.05) is 29.8 Å². The molecule has 5 nitrogen and oxygen atoms in total. The molecule has 2 N–H and O–H groups in total. The Morgan fingerprint density at radius 2 is 2.11 bits per heavy atom. The largest absolute Gasteiger partial charge is 0.355 e. The van der Waals surface area contributed by atoms with Gasteiger partial charge >= 0.3 is 0 Å². The zero-order chi connectivity index (χ0) is 19.3. The lowest BCUT2D eigenvalue weighted by molar-refractivity contribution is -0.122. The topological polar surface area (TPSA) is 61.0 Å². The van der Waals surface area contributed by atoms with E-state index in [1.807, 2.05) is 36.5 Å². The number of halogens is 1. The molecule has 2 aromatic heterocycles. The lowest BCUT2D eigenvalue weighted by atomic mass is 9.99. The van der Waals surface area contributed by atoms with Crippen molar-refractivity contribution in [2.24, 2.45) is 0 Å². The van der Waals surface area contributed by atoms with E-state index in [1.165, 1.54) is 16.7 Å². The number of nitrogens with one attached hydrogen (secondary N) is 2. The lowest BCUT2D eigenvalue weighted by Gasteiger charge is -2.25. The van der Waals surface area contributed by atoms with Crippen LogP contribution in [0.25, 0.3) is 16.6 Å². The number of aromatic nitrogens is 2. The summed E-state index contributed by atoms with van der Waals surface area (Å²) in [7, 11) is 0. The van der Waals surface area contributed by atoms with Crippen LogP contribution < -0.4 is 5.32 Å². The van der Waals surface area contributed by atoms with Crippen LogP contribution in [0.2, 0.25) is 5.02 Å². The molecule has 1 aliphatic rings. The van der Waals surface area contributed by atoms with Gasteiger partial charge in [0.1, 0.15) is 5.65 Å². The minimum Gasteiger partial charge on any atom is -0.355 e. The Morgan fingerprint density at radius 1 is 1.25 bits per heavy atom. The zero-order valence-corrected chi connectivity index (χ0v) is 16.4. The van der Waals surface area contributed by atoms with Crippen molar-refractivity contribution in [1.82, 2.24) is 20.2 Å². The Kier molecular flexibility index (Phi) is 5.74. The highest BCUT2D eigenvalue weighted by Crippen LogP contribution is 2.28. The average molecular weight is 395 g/mol. The first-order chi connectivity index (χ1) is 13.7. The Morgan fingerprint density at radius 3 is 2.89 bits per heavy atom. The molecular formula is C22H23ClN4O. The van der Waals surface area contributed by atoms with Crippen LogP contribution in [0.5, 0.6) is 0 Å². The van der Waals surface area contributed by atoms with Crippen LogP contribution in [-0.4, -0.2) is 47.0 Å². The van der Waals surface area contributed by atoms with Gasteiger partial charge in [0.15, 0.2) is 0 Å². The predicted octanol–water partition coefficient (Wildman–Crippen LogP) is 3.66. The van der Waals surface area contributed by atoms with Crippen LogP contribution >= 0.6 is 11.6 Å². The van der Waals surface area contributed by atoms with Crippen molar-refractivity contribution in [3.05, 3.63) is 71.0 Å². The first-order valence-electron chi connectivity index (χ1n) is 9.54. The second-order valence-corrected chi connectivity index (χ2v) is 7.48. The minimum atomic E-state index is 0.0714. The van der Waals surface area contributed by atoms with E-state index in [1.54, 1.807) is 6.20 Å². The van der Waals surface area contributed by atoms with E-state index in [9.17, 15) is 4.79 Å². The third-order valence-corrected chi connectivity index (χ3v) is 5.36. The lowest BCUT2D eigenvalue weighted by Crippen LogP contribution is -2.39. The molecule has 0 unspecified atom stereocenters. The number of carbonyl (C=O) groups excluding carboxylic acids is 1. The van der Waals surface area contributed by atoms with Crippen LogP contribution in [0, 0.1) is 0 Å². The summed E-state index contributed by atoms with van der Waals surface area (Å²) in [5.74, 6) is 0.0714. The molecule has 28 heavy (non-hydrogen) atoms. The quantitative estimate of drug-likeness (QED) is 0.670. The molecule has 144 valence electrons. The molecule has 0 radical (unpaired) electrons. The fourth-order valence-corrected chi connectivity index (χ4v) is 3.70. The Balaban J connectivity index is 1.26. The molecule has 0 aliphatic carbocycles. The first kappa shape index (κ1) is 18.7. The van der Waals surface area contributed by atoms with Crippen molar-refractivity contribution in [2.75, 3.05) is 26.2 Å². The normalized spacial score (nSPS) is 14.8. The fourth-order valence-electron chi connectivity index (χ4n) is 3.58. The van der Waals surface area contributed by atoms with Gasteiger partial charge in [0.2, 0.25) is 5.91 Å². The average Bonchev–Trinajstić information content (AvgIpc) is 3.14. The van der Waals surface area contributed by atoms with E-state index >= 15 is 0 Å². The summed E-state index contributed by atoms with van der Waals surface area (Å²) in [5, 5.41) is 4.89.